The van der Waals surface area contributed by atoms with E-state index in [4.69, 9.17) is 4.74 Å². The fourth-order valence-corrected chi connectivity index (χ4v) is 2.79. The summed E-state index contributed by atoms with van der Waals surface area (Å²) < 4.78 is 5.18. The van der Waals surface area contributed by atoms with Crippen LogP contribution < -0.4 is 15.4 Å². The predicted molar refractivity (Wildman–Crippen MR) is 106 cm³/mol. The molecule has 0 aliphatic rings. The molecule has 5 nitrogen and oxygen atoms in total. The first-order valence-electron chi connectivity index (χ1n) is 8.68. The van der Waals surface area contributed by atoms with Gasteiger partial charge in [0.05, 0.1) is 7.11 Å². The van der Waals surface area contributed by atoms with Crippen molar-refractivity contribution in [3.8, 4) is 5.75 Å². The molecule has 0 aliphatic heterocycles. The van der Waals surface area contributed by atoms with Gasteiger partial charge in [-0.15, -0.1) is 0 Å². The summed E-state index contributed by atoms with van der Waals surface area (Å²) in [6, 6.07) is 16.3. The summed E-state index contributed by atoms with van der Waals surface area (Å²) in [5.41, 5.74) is 4.73. The molecule has 5 heteroatoms. The van der Waals surface area contributed by atoms with Gasteiger partial charge in [0.25, 0.3) is 0 Å². The predicted octanol–water partition coefficient (Wildman–Crippen LogP) is 4.50. The highest BCUT2D eigenvalue weighted by molar-refractivity contribution is 5.65. The molecule has 1 heterocycles. The molecular weight excluding hydrogens is 324 g/mol. The molecule has 134 valence electrons. The minimum atomic E-state index is 0.782. The molecule has 0 unspecified atom stereocenters. The minimum absolute atomic E-state index is 0.782. The Kier molecular flexibility index (Phi) is 5.69. The number of methoxy groups -OCH3 is 1. The number of aryl methyl sites for hydroxylation is 2. The van der Waals surface area contributed by atoms with Crippen LogP contribution in [0.25, 0.3) is 0 Å². The summed E-state index contributed by atoms with van der Waals surface area (Å²) in [5.74, 6) is 2.46. The first-order valence-corrected chi connectivity index (χ1v) is 8.68. The molecule has 0 aliphatic carbocycles. The molecule has 26 heavy (non-hydrogen) atoms. The van der Waals surface area contributed by atoms with E-state index in [2.05, 4.69) is 64.8 Å². The Hall–Kier alpha value is -3.08. The smallest absolute Gasteiger partial charge is 0.135 e. The molecule has 2 N–H and O–H groups in total. The number of rotatable bonds is 7. The third kappa shape index (κ3) is 4.51. The van der Waals surface area contributed by atoms with Crippen molar-refractivity contribution < 1.29 is 4.74 Å². The fourth-order valence-electron chi connectivity index (χ4n) is 2.79. The van der Waals surface area contributed by atoms with Crippen LogP contribution in [0.2, 0.25) is 0 Å². The summed E-state index contributed by atoms with van der Waals surface area (Å²) in [5, 5.41) is 6.75. The van der Waals surface area contributed by atoms with Gasteiger partial charge in [-0.05, 0) is 49.1 Å². The van der Waals surface area contributed by atoms with Gasteiger partial charge in [0.1, 0.15) is 23.7 Å². The SMILES string of the molecule is COc1ccc(CCNc2cc(Nc3c(C)cccc3C)ncn2)cc1. The van der Waals surface area contributed by atoms with Crippen molar-refractivity contribution in [2.24, 2.45) is 0 Å². The van der Waals surface area contributed by atoms with Crippen LogP contribution in [0.1, 0.15) is 16.7 Å². The molecule has 0 spiro atoms. The zero-order chi connectivity index (χ0) is 18.4. The topological polar surface area (TPSA) is 59.1 Å². The third-order valence-corrected chi connectivity index (χ3v) is 4.28. The second-order valence-electron chi connectivity index (χ2n) is 6.21. The van der Waals surface area contributed by atoms with Crippen LogP contribution in [0.15, 0.2) is 54.9 Å². The zero-order valence-electron chi connectivity index (χ0n) is 15.4. The molecule has 3 rings (SSSR count). The normalized spacial score (nSPS) is 10.4. The van der Waals surface area contributed by atoms with Gasteiger partial charge in [-0.3, -0.25) is 0 Å². The highest BCUT2D eigenvalue weighted by atomic mass is 16.5. The summed E-state index contributed by atoms with van der Waals surface area (Å²) in [6.45, 7) is 4.97. The van der Waals surface area contributed by atoms with E-state index in [9.17, 15) is 0 Å². The first kappa shape index (κ1) is 17.7. The van der Waals surface area contributed by atoms with Crippen molar-refractivity contribution in [1.29, 1.82) is 0 Å². The van der Waals surface area contributed by atoms with Gasteiger partial charge in [0.2, 0.25) is 0 Å². The molecule has 0 bridgehead atoms. The van der Waals surface area contributed by atoms with Crippen LogP contribution in [0, 0.1) is 13.8 Å². The molecule has 1 aromatic heterocycles. The van der Waals surface area contributed by atoms with Gasteiger partial charge >= 0.3 is 0 Å². The van der Waals surface area contributed by atoms with E-state index >= 15 is 0 Å². The van der Waals surface area contributed by atoms with Gasteiger partial charge in [0, 0.05) is 18.3 Å². The Labute approximate surface area is 154 Å². The highest BCUT2D eigenvalue weighted by Gasteiger charge is 2.05. The number of benzene rings is 2. The maximum Gasteiger partial charge on any atom is 0.135 e. The Morgan fingerprint density at radius 1 is 0.923 bits per heavy atom. The van der Waals surface area contributed by atoms with E-state index in [-0.39, 0.29) is 0 Å². The van der Waals surface area contributed by atoms with Crippen molar-refractivity contribution in [3.05, 3.63) is 71.5 Å². The molecule has 3 aromatic rings. The molecule has 0 saturated heterocycles. The number of nitrogens with one attached hydrogen (secondary N) is 2. The Bertz CT molecular complexity index is 842. The third-order valence-electron chi connectivity index (χ3n) is 4.28. The Balaban J connectivity index is 1.60. The zero-order valence-corrected chi connectivity index (χ0v) is 15.4. The number of nitrogens with zero attached hydrogens (tertiary/aromatic N) is 2. The van der Waals surface area contributed by atoms with Crippen LogP contribution in [-0.2, 0) is 6.42 Å². The van der Waals surface area contributed by atoms with Crippen molar-refractivity contribution in [1.82, 2.24) is 9.97 Å². The van der Waals surface area contributed by atoms with Crippen LogP contribution in [0.3, 0.4) is 0 Å². The minimum Gasteiger partial charge on any atom is -0.497 e. The van der Waals surface area contributed by atoms with E-state index < -0.39 is 0 Å². The van der Waals surface area contributed by atoms with E-state index in [0.717, 1.165) is 36.0 Å². The second-order valence-corrected chi connectivity index (χ2v) is 6.21. The van der Waals surface area contributed by atoms with E-state index in [0.29, 0.717) is 0 Å². The van der Waals surface area contributed by atoms with E-state index in [1.54, 1.807) is 13.4 Å². The molecule has 0 atom stereocenters. The van der Waals surface area contributed by atoms with Crippen molar-refractivity contribution >= 4 is 17.3 Å². The Morgan fingerprint density at radius 2 is 1.62 bits per heavy atom. The lowest BCUT2D eigenvalue weighted by Gasteiger charge is -2.13. The van der Waals surface area contributed by atoms with Crippen LogP contribution in [0.5, 0.6) is 5.75 Å². The van der Waals surface area contributed by atoms with Crippen LogP contribution in [-0.4, -0.2) is 23.6 Å². The molecular formula is C21H24N4O. The number of hydrogen-bond donors (Lipinski definition) is 2. The average Bonchev–Trinajstić information content (AvgIpc) is 2.66. The van der Waals surface area contributed by atoms with Gasteiger partial charge < -0.3 is 15.4 Å². The number of hydrogen-bond acceptors (Lipinski definition) is 5. The van der Waals surface area contributed by atoms with Gasteiger partial charge in [-0.2, -0.15) is 0 Å². The first-order chi connectivity index (χ1) is 12.7. The Morgan fingerprint density at radius 3 is 2.31 bits per heavy atom. The highest BCUT2D eigenvalue weighted by Crippen LogP contribution is 2.23. The molecule has 0 amide bonds. The van der Waals surface area contributed by atoms with Gasteiger partial charge in [-0.1, -0.05) is 30.3 Å². The molecule has 0 radical (unpaired) electrons. The van der Waals surface area contributed by atoms with Crippen molar-refractivity contribution in [2.45, 2.75) is 20.3 Å². The molecule has 0 saturated carbocycles. The van der Waals surface area contributed by atoms with Gasteiger partial charge in [0.15, 0.2) is 0 Å². The largest absolute Gasteiger partial charge is 0.497 e. The number of aromatic nitrogens is 2. The average molecular weight is 348 g/mol. The fraction of sp³-hybridized carbons (Fsp3) is 0.238. The summed E-state index contributed by atoms with van der Waals surface area (Å²) >= 11 is 0. The maximum atomic E-state index is 5.18. The lowest BCUT2D eigenvalue weighted by molar-refractivity contribution is 0.414. The van der Waals surface area contributed by atoms with Crippen molar-refractivity contribution in [3.63, 3.8) is 0 Å². The summed E-state index contributed by atoms with van der Waals surface area (Å²) in [7, 11) is 1.68. The summed E-state index contributed by atoms with van der Waals surface area (Å²) in [6.07, 6.45) is 2.49. The summed E-state index contributed by atoms with van der Waals surface area (Å²) in [4.78, 5) is 8.63. The quantitative estimate of drug-likeness (QED) is 0.658. The number of para-hydroxylation sites is 1. The maximum absolute atomic E-state index is 5.18. The monoisotopic (exact) mass is 348 g/mol. The second kappa shape index (κ2) is 8.34. The number of ether oxygens (including phenoxy) is 1. The van der Waals surface area contributed by atoms with Crippen molar-refractivity contribution in [2.75, 3.05) is 24.3 Å². The van der Waals surface area contributed by atoms with Crippen LogP contribution >= 0.6 is 0 Å². The lowest BCUT2D eigenvalue weighted by Crippen LogP contribution is -2.07. The number of anilines is 3. The molecule has 2 aromatic carbocycles. The van der Waals surface area contributed by atoms with E-state index in [1.165, 1.54) is 16.7 Å². The standard InChI is InChI=1S/C21H24N4O/c1-15-5-4-6-16(2)21(15)25-20-13-19(23-14-24-20)22-12-11-17-7-9-18(26-3)10-8-17/h4-10,13-14H,11-12H2,1-3H3,(H2,22,23,24,25). The van der Waals surface area contributed by atoms with E-state index in [1.807, 2.05) is 18.2 Å². The lowest BCUT2D eigenvalue weighted by atomic mass is 10.1. The van der Waals surface area contributed by atoms with Gasteiger partial charge in [-0.25, -0.2) is 9.97 Å². The molecule has 0 fully saturated rings. The van der Waals surface area contributed by atoms with Crippen LogP contribution in [0.4, 0.5) is 17.3 Å².